The van der Waals surface area contributed by atoms with E-state index in [0.29, 0.717) is 12.3 Å². The van der Waals surface area contributed by atoms with Gasteiger partial charge in [-0.15, -0.1) is 0 Å². The van der Waals surface area contributed by atoms with Crippen molar-refractivity contribution in [3.63, 3.8) is 0 Å². The molecule has 0 unspecified atom stereocenters. The van der Waals surface area contributed by atoms with Crippen molar-refractivity contribution in [3.05, 3.63) is 54.1 Å². The lowest BCUT2D eigenvalue weighted by Gasteiger charge is -2.21. The van der Waals surface area contributed by atoms with Crippen LogP contribution >= 0.6 is 0 Å². The molecule has 0 atom stereocenters. The van der Waals surface area contributed by atoms with E-state index in [9.17, 15) is 4.79 Å². The fraction of sp³-hybridized carbons (Fsp3) is 0.368. The van der Waals surface area contributed by atoms with Crippen molar-refractivity contribution in [2.45, 2.75) is 32.2 Å². The largest absolute Gasteiger partial charge is 0.465 e. The number of hydrogen-bond donors (Lipinski definition) is 1. The predicted molar refractivity (Wildman–Crippen MR) is 94.5 cm³/mol. The second-order valence-corrected chi connectivity index (χ2v) is 5.99. The Balaban J connectivity index is 1.49. The normalized spacial score (nSPS) is 15.4. The highest BCUT2D eigenvalue weighted by Crippen LogP contribution is 2.17. The van der Waals surface area contributed by atoms with Crippen molar-refractivity contribution in [1.29, 1.82) is 0 Å². The number of nitrogens with one attached hydrogen (secondary N) is 1. The maximum atomic E-state index is 11.8. The minimum Gasteiger partial charge on any atom is -0.465 e. The summed E-state index contributed by atoms with van der Waals surface area (Å²) in [5.74, 6) is 1.54. The molecule has 1 N–H and O–H groups in total. The molecule has 1 aliphatic rings. The number of pyridine rings is 1. The van der Waals surface area contributed by atoms with Crippen LogP contribution in [0.1, 0.15) is 37.0 Å². The van der Waals surface area contributed by atoms with Gasteiger partial charge in [-0.3, -0.25) is 4.79 Å². The number of carbonyl (C=O) groups is 1. The van der Waals surface area contributed by atoms with E-state index in [-0.39, 0.29) is 5.91 Å². The smallest absolute Gasteiger partial charge is 0.244 e. The lowest BCUT2D eigenvalue weighted by atomic mass is 10.2. The Labute approximate surface area is 142 Å². The molecule has 5 nitrogen and oxygen atoms in total. The first-order chi connectivity index (χ1) is 11.8. The van der Waals surface area contributed by atoms with Gasteiger partial charge in [0.1, 0.15) is 11.6 Å². The van der Waals surface area contributed by atoms with Crippen LogP contribution in [0.2, 0.25) is 0 Å². The Morgan fingerprint density at radius 2 is 2.04 bits per heavy atom. The van der Waals surface area contributed by atoms with E-state index in [0.717, 1.165) is 24.5 Å². The Bertz CT molecular complexity index is 654. The molecule has 0 saturated carbocycles. The minimum atomic E-state index is -0.150. The highest BCUT2D eigenvalue weighted by atomic mass is 16.3. The molecule has 1 amide bonds. The van der Waals surface area contributed by atoms with E-state index in [1.165, 1.54) is 31.8 Å². The Kier molecular flexibility index (Phi) is 5.66. The molecule has 2 aromatic rings. The van der Waals surface area contributed by atoms with Gasteiger partial charge in [0.2, 0.25) is 5.91 Å². The minimum absolute atomic E-state index is 0.150. The second-order valence-electron chi connectivity index (χ2n) is 5.99. The zero-order chi connectivity index (χ0) is 16.6. The quantitative estimate of drug-likeness (QED) is 0.856. The van der Waals surface area contributed by atoms with E-state index < -0.39 is 0 Å². The molecule has 3 heterocycles. The van der Waals surface area contributed by atoms with Gasteiger partial charge in [0.05, 0.1) is 6.26 Å². The fourth-order valence-corrected chi connectivity index (χ4v) is 2.80. The van der Waals surface area contributed by atoms with Crippen molar-refractivity contribution in [1.82, 2.24) is 10.3 Å². The molecule has 0 radical (unpaired) electrons. The summed E-state index contributed by atoms with van der Waals surface area (Å²) in [5, 5.41) is 2.85. The van der Waals surface area contributed by atoms with Crippen LogP contribution in [-0.4, -0.2) is 24.0 Å². The summed E-state index contributed by atoms with van der Waals surface area (Å²) in [7, 11) is 0. The number of anilines is 1. The standard InChI is InChI=1S/C19H23N3O2/c23-19(10-8-17-6-5-13-24-17)21-15-16-7-9-18(20-14-16)22-11-3-1-2-4-12-22/h5-10,13-14H,1-4,11-12,15H2,(H,21,23)/b10-8+. The number of furan rings is 1. The van der Waals surface area contributed by atoms with E-state index in [1.54, 1.807) is 24.5 Å². The maximum Gasteiger partial charge on any atom is 0.244 e. The van der Waals surface area contributed by atoms with Crippen molar-refractivity contribution >= 4 is 17.8 Å². The molecular weight excluding hydrogens is 302 g/mol. The monoisotopic (exact) mass is 325 g/mol. The maximum absolute atomic E-state index is 11.8. The predicted octanol–water partition coefficient (Wildman–Crippen LogP) is 3.38. The van der Waals surface area contributed by atoms with Crippen LogP contribution < -0.4 is 10.2 Å². The Hall–Kier alpha value is -2.56. The van der Waals surface area contributed by atoms with E-state index >= 15 is 0 Å². The molecule has 0 bridgehead atoms. The molecule has 0 spiro atoms. The van der Waals surface area contributed by atoms with E-state index in [4.69, 9.17) is 4.42 Å². The van der Waals surface area contributed by atoms with Crippen molar-refractivity contribution < 1.29 is 9.21 Å². The summed E-state index contributed by atoms with van der Waals surface area (Å²) >= 11 is 0. The molecular formula is C19H23N3O2. The molecule has 1 aliphatic heterocycles. The van der Waals surface area contributed by atoms with Crippen LogP contribution in [0, 0.1) is 0 Å². The van der Waals surface area contributed by atoms with Gasteiger partial charge in [-0.1, -0.05) is 18.9 Å². The molecule has 3 rings (SSSR count). The van der Waals surface area contributed by atoms with Crippen molar-refractivity contribution in [3.8, 4) is 0 Å². The first-order valence-corrected chi connectivity index (χ1v) is 8.50. The molecule has 1 fully saturated rings. The molecule has 1 saturated heterocycles. The molecule has 2 aromatic heterocycles. The van der Waals surface area contributed by atoms with Crippen molar-refractivity contribution in [2.75, 3.05) is 18.0 Å². The van der Waals surface area contributed by atoms with Gasteiger partial charge in [0.15, 0.2) is 0 Å². The third-order valence-electron chi connectivity index (χ3n) is 4.15. The zero-order valence-corrected chi connectivity index (χ0v) is 13.8. The SMILES string of the molecule is O=C(/C=C/c1ccco1)NCc1ccc(N2CCCCCC2)nc1. The van der Waals surface area contributed by atoms with Gasteiger partial charge in [-0.05, 0) is 42.7 Å². The third-order valence-corrected chi connectivity index (χ3v) is 4.15. The van der Waals surface area contributed by atoms with Crippen molar-refractivity contribution in [2.24, 2.45) is 0 Å². The van der Waals surface area contributed by atoms with E-state index in [1.807, 2.05) is 18.3 Å². The Morgan fingerprint density at radius 3 is 2.71 bits per heavy atom. The average molecular weight is 325 g/mol. The fourth-order valence-electron chi connectivity index (χ4n) is 2.80. The van der Waals surface area contributed by atoms with Gasteiger partial charge < -0.3 is 14.6 Å². The molecule has 126 valence electrons. The number of aromatic nitrogens is 1. The molecule has 0 aliphatic carbocycles. The first-order valence-electron chi connectivity index (χ1n) is 8.50. The first kappa shape index (κ1) is 16.3. The van der Waals surface area contributed by atoms with Crippen LogP contribution in [0.4, 0.5) is 5.82 Å². The number of nitrogens with zero attached hydrogens (tertiary/aromatic N) is 2. The third kappa shape index (κ3) is 4.72. The van der Waals surface area contributed by atoms with Crippen LogP contribution in [0.15, 0.2) is 47.2 Å². The summed E-state index contributed by atoms with van der Waals surface area (Å²) in [5.41, 5.74) is 0.994. The summed E-state index contributed by atoms with van der Waals surface area (Å²) in [4.78, 5) is 18.7. The van der Waals surface area contributed by atoms with Gasteiger partial charge in [-0.2, -0.15) is 0 Å². The lowest BCUT2D eigenvalue weighted by Crippen LogP contribution is -2.25. The van der Waals surface area contributed by atoms with Gasteiger partial charge in [0, 0.05) is 31.9 Å². The number of rotatable bonds is 5. The average Bonchev–Trinajstić information content (AvgIpc) is 2.99. The van der Waals surface area contributed by atoms with E-state index in [2.05, 4.69) is 15.2 Å². The second kappa shape index (κ2) is 8.34. The number of amides is 1. The highest BCUT2D eigenvalue weighted by molar-refractivity contribution is 5.91. The topological polar surface area (TPSA) is 58.4 Å². The van der Waals surface area contributed by atoms with Crippen LogP contribution in [-0.2, 0) is 11.3 Å². The highest BCUT2D eigenvalue weighted by Gasteiger charge is 2.10. The zero-order valence-electron chi connectivity index (χ0n) is 13.8. The summed E-state index contributed by atoms with van der Waals surface area (Å²) in [6.07, 6.45) is 11.6. The van der Waals surface area contributed by atoms with Gasteiger partial charge in [-0.25, -0.2) is 4.98 Å². The number of hydrogen-bond acceptors (Lipinski definition) is 4. The molecule has 24 heavy (non-hydrogen) atoms. The van der Waals surface area contributed by atoms with Gasteiger partial charge in [0.25, 0.3) is 0 Å². The van der Waals surface area contributed by atoms with Crippen LogP contribution in [0.25, 0.3) is 6.08 Å². The summed E-state index contributed by atoms with van der Waals surface area (Å²) in [6, 6.07) is 7.67. The summed E-state index contributed by atoms with van der Waals surface area (Å²) < 4.78 is 5.14. The molecule has 5 heteroatoms. The van der Waals surface area contributed by atoms with Crippen LogP contribution in [0.5, 0.6) is 0 Å². The summed E-state index contributed by atoms with van der Waals surface area (Å²) in [6.45, 7) is 2.63. The van der Waals surface area contributed by atoms with Crippen LogP contribution in [0.3, 0.4) is 0 Å². The number of carbonyl (C=O) groups excluding carboxylic acids is 1. The Morgan fingerprint density at radius 1 is 1.21 bits per heavy atom. The van der Waals surface area contributed by atoms with Gasteiger partial charge >= 0.3 is 0 Å². The lowest BCUT2D eigenvalue weighted by molar-refractivity contribution is -0.116. The molecule has 0 aromatic carbocycles.